The summed E-state index contributed by atoms with van der Waals surface area (Å²) in [4.78, 5) is 6.54. The fraction of sp³-hybridized carbons (Fsp3) is 0.632. The van der Waals surface area contributed by atoms with Gasteiger partial charge in [0, 0.05) is 46.9 Å². The molecule has 0 spiro atoms. The second-order valence-corrected chi connectivity index (χ2v) is 5.92. The predicted molar refractivity (Wildman–Crippen MR) is 106 cm³/mol. The van der Waals surface area contributed by atoms with Crippen molar-refractivity contribution < 1.29 is 14.2 Å². The molecule has 1 rings (SSSR count). The first-order chi connectivity index (χ1) is 12.6. The minimum Gasteiger partial charge on any atom is -0.493 e. The summed E-state index contributed by atoms with van der Waals surface area (Å²) in [6, 6.07) is 5.94. The summed E-state index contributed by atoms with van der Waals surface area (Å²) in [6.07, 6.45) is 1.04. The van der Waals surface area contributed by atoms with Gasteiger partial charge in [0.1, 0.15) is 0 Å². The first kappa shape index (κ1) is 22.1. The van der Waals surface area contributed by atoms with Crippen LogP contribution >= 0.6 is 0 Å². The van der Waals surface area contributed by atoms with Gasteiger partial charge in [0.2, 0.25) is 0 Å². The maximum absolute atomic E-state index is 5.62. The van der Waals surface area contributed by atoms with Crippen LogP contribution in [0.5, 0.6) is 11.5 Å². The zero-order valence-electron chi connectivity index (χ0n) is 16.8. The van der Waals surface area contributed by atoms with E-state index in [2.05, 4.69) is 27.6 Å². The van der Waals surface area contributed by atoms with Crippen LogP contribution in [0.4, 0.5) is 0 Å². The standard InChI is InChI=1S/C19H34N4O3/c1-6-26-18-14-16(8-9-17(18)25-5)15-22-19(20-2)21-10-12-23(3)11-7-13-24-4/h8-9,14H,6-7,10-13,15H2,1-5H3,(H2,20,21,22). The Kier molecular flexibility index (Phi) is 11.2. The molecule has 0 aromatic heterocycles. The number of benzene rings is 1. The second-order valence-electron chi connectivity index (χ2n) is 5.92. The fourth-order valence-electron chi connectivity index (χ4n) is 2.46. The molecule has 0 amide bonds. The third-order valence-electron chi connectivity index (χ3n) is 3.89. The quantitative estimate of drug-likeness (QED) is 0.334. The van der Waals surface area contributed by atoms with Gasteiger partial charge >= 0.3 is 0 Å². The van der Waals surface area contributed by atoms with Gasteiger partial charge in [-0.1, -0.05) is 6.07 Å². The van der Waals surface area contributed by atoms with E-state index in [-0.39, 0.29) is 0 Å². The highest BCUT2D eigenvalue weighted by Gasteiger charge is 2.06. The Labute approximate surface area is 157 Å². The Morgan fingerprint density at radius 3 is 2.62 bits per heavy atom. The molecule has 0 aliphatic heterocycles. The molecular weight excluding hydrogens is 332 g/mol. The SMILES string of the molecule is CCOc1cc(CNC(=NC)NCCN(C)CCCOC)ccc1OC. The molecule has 0 atom stereocenters. The van der Waals surface area contributed by atoms with Crippen LogP contribution in [-0.4, -0.2) is 72.0 Å². The zero-order valence-corrected chi connectivity index (χ0v) is 16.8. The van der Waals surface area contributed by atoms with Gasteiger partial charge in [-0.05, 0) is 38.1 Å². The monoisotopic (exact) mass is 366 g/mol. The second kappa shape index (κ2) is 13.2. The summed E-state index contributed by atoms with van der Waals surface area (Å²) in [5.74, 6) is 2.29. The molecule has 26 heavy (non-hydrogen) atoms. The number of hydrogen-bond donors (Lipinski definition) is 2. The molecule has 0 saturated heterocycles. The Balaban J connectivity index is 2.41. The van der Waals surface area contributed by atoms with E-state index >= 15 is 0 Å². The summed E-state index contributed by atoms with van der Waals surface area (Å²) in [5.41, 5.74) is 1.11. The van der Waals surface area contributed by atoms with E-state index in [0.29, 0.717) is 13.2 Å². The van der Waals surface area contributed by atoms with Gasteiger partial charge in [-0.3, -0.25) is 4.99 Å². The Hall–Kier alpha value is -1.99. The number of rotatable bonds is 12. The van der Waals surface area contributed by atoms with Crippen molar-refractivity contribution in [3.8, 4) is 11.5 Å². The van der Waals surface area contributed by atoms with Crippen molar-refractivity contribution in [1.82, 2.24) is 15.5 Å². The Morgan fingerprint density at radius 1 is 1.15 bits per heavy atom. The van der Waals surface area contributed by atoms with E-state index in [4.69, 9.17) is 14.2 Å². The number of nitrogens with one attached hydrogen (secondary N) is 2. The lowest BCUT2D eigenvalue weighted by atomic mass is 10.2. The number of guanidine groups is 1. The zero-order chi connectivity index (χ0) is 19.2. The van der Waals surface area contributed by atoms with Gasteiger partial charge in [0.25, 0.3) is 0 Å². The maximum atomic E-state index is 5.62. The van der Waals surface area contributed by atoms with Gasteiger partial charge in [-0.15, -0.1) is 0 Å². The van der Waals surface area contributed by atoms with Crippen LogP contribution in [-0.2, 0) is 11.3 Å². The molecule has 0 heterocycles. The fourth-order valence-corrected chi connectivity index (χ4v) is 2.46. The smallest absolute Gasteiger partial charge is 0.191 e. The van der Waals surface area contributed by atoms with Gasteiger partial charge < -0.3 is 29.7 Å². The van der Waals surface area contributed by atoms with Crippen molar-refractivity contribution in [2.75, 3.05) is 61.2 Å². The van der Waals surface area contributed by atoms with E-state index in [1.807, 2.05) is 25.1 Å². The average molecular weight is 367 g/mol. The van der Waals surface area contributed by atoms with E-state index in [9.17, 15) is 0 Å². The predicted octanol–water partition coefficient (Wildman–Crippen LogP) is 1.73. The number of aliphatic imine (C=N–C) groups is 1. The third-order valence-corrected chi connectivity index (χ3v) is 3.89. The van der Waals surface area contributed by atoms with Crippen molar-refractivity contribution in [3.05, 3.63) is 23.8 Å². The summed E-state index contributed by atoms with van der Waals surface area (Å²) >= 11 is 0. The first-order valence-corrected chi connectivity index (χ1v) is 9.06. The summed E-state index contributed by atoms with van der Waals surface area (Å²) in [5, 5.41) is 6.66. The van der Waals surface area contributed by atoms with Gasteiger partial charge in [-0.2, -0.15) is 0 Å². The van der Waals surface area contributed by atoms with Crippen LogP contribution in [0.25, 0.3) is 0 Å². The Morgan fingerprint density at radius 2 is 1.96 bits per heavy atom. The molecule has 148 valence electrons. The van der Waals surface area contributed by atoms with Crippen LogP contribution in [0.3, 0.4) is 0 Å². The van der Waals surface area contributed by atoms with Crippen LogP contribution in [0.2, 0.25) is 0 Å². The average Bonchev–Trinajstić information content (AvgIpc) is 2.65. The van der Waals surface area contributed by atoms with Gasteiger partial charge in [0.05, 0.1) is 13.7 Å². The lowest BCUT2D eigenvalue weighted by Crippen LogP contribution is -2.40. The van der Waals surface area contributed by atoms with Crippen molar-refractivity contribution in [2.24, 2.45) is 4.99 Å². The summed E-state index contributed by atoms with van der Waals surface area (Å²) in [7, 11) is 7.27. The summed E-state index contributed by atoms with van der Waals surface area (Å²) in [6.45, 7) is 6.82. The molecule has 0 aliphatic rings. The van der Waals surface area contributed by atoms with Crippen LogP contribution in [0.1, 0.15) is 18.9 Å². The molecule has 1 aromatic rings. The lowest BCUT2D eigenvalue weighted by Gasteiger charge is -2.18. The molecule has 2 N–H and O–H groups in total. The van der Waals surface area contributed by atoms with Crippen molar-refractivity contribution >= 4 is 5.96 Å². The minimum absolute atomic E-state index is 0.606. The summed E-state index contributed by atoms with van der Waals surface area (Å²) < 4.78 is 16.0. The van der Waals surface area contributed by atoms with Gasteiger partial charge in [-0.25, -0.2) is 0 Å². The molecule has 0 radical (unpaired) electrons. The van der Waals surface area contributed by atoms with Crippen molar-refractivity contribution in [1.29, 1.82) is 0 Å². The molecule has 0 aliphatic carbocycles. The normalized spacial score (nSPS) is 11.5. The van der Waals surface area contributed by atoms with Gasteiger partial charge in [0.15, 0.2) is 17.5 Å². The number of ether oxygens (including phenoxy) is 3. The minimum atomic E-state index is 0.606. The van der Waals surface area contributed by atoms with Crippen LogP contribution in [0, 0.1) is 0 Å². The number of likely N-dealkylation sites (N-methyl/N-ethyl adjacent to an activating group) is 1. The molecule has 0 bridgehead atoms. The number of hydrogen-bond acceptors (Lipinski definition) is 5. The number of nitrogens with zero attached hydrogens (tertiary/aromatic N) is 2. The number of methoxy groups -OCH3 is 2. The van der Waals surface area contributed by atoms with E-state index in [1.165, 1.54) is 0 Å². The van der Waals surface area contributed by atoms with Crippen molar-refractivity contribution in [2.45, 2.75) is 19.9 Å². The molecule has 7 nitrogen and oxygen atoms in total. The van der Waals surface area contributed by atoms with Crippen LogP contribution in [0.15, 0.2) is 23.2 Å². The molecular formula is C19H34N4O3. The molecule has 0 saturated carbocycles. The highest BCUT2D eigenvalue weighted by Crippen LogP contribution is 2.27. The van der Waals surface area contributed by atoms with E-state index in [0.717, 1.165) is 55.7 Å². The first-order valence-electron chi connectivity index (χ1n) is 9.06. The van der Waals surface area contributed by atoms with Crippen molar-refractivity contribution in [3.63, 3.8) is 0 Å². The molecule has 0 fully saturated rings. The lowest BCUT2D eigenvalue weighted by molar-refractivity contribution is 0.180. The largest absolute Gasteiger partial charge is 0.493 e. The van der Waals surface area contributed by atoms with E-state index in [1.54, 1.807) is 21.3 Å². The molecule has 0 unspecified atom stereocenters. The van der Waals surface area contributed by atoms with Crippen LogP contribution < -0.4 is 20.1 Å². The highest BCUT2D eigenvalue weighted by atomic mass is 16.5. The maximum Gasteiger partial charge on any atom is 0.191 e. The molecule has 7 heteroatoms. The molecule has 1 aromatic carbocycles. The third kappa shape index (κ3) is 8.40. The van der Waals surface area contributed by atoms with E-state index < -0.39 is 0 Å². The Bertz CT molecular complexity index is 538. The highest BCUT2D eigenvalue weighted by molar-refractivity contribution is 5.79. The topological polar surface area (TPSA) is 67.4 Å².